The van der Waals surface area contributed by atoms with Crippen LogP contribution in [0.1, 0.15) is 0 Å². The number of rotatable bonds is 4. The number of ether oxygens (including phenoxy) is 2. The monoisotopic (exact) mass is 253 g/mol. The summed E-state index contributed by atoms with van der Waals surface area (Å²) in [5, 5.41) is 2.64. The third kappa shape index (κ3) is 3.89. The molecule has 0 saturated carbocycles. The molecule has 0 unspecified atom stereocenters. The van der Waals surface area contributed by atoms with Crippen LogP contribution in [0, 0.1) is 5.82 Å². The average molecular weight is 253 g/mol. The number of halogens is 1. The van der Waals surface area contributed by atoms with E-state index in [4.69, 9.17) is 0 Å². The number of carbonyl (C=O) groups is 2. The van der Waals surface area contributed by atoms with Crippen LogP contribution >= 0.6 is 0 Å². The molecule has 6 heteroatoms. The van der Waals surface area contributed by atoms with Crippen molar-refractivity contribution in [3.8, 4) is 0 Å². The molecular formula is C12H12FNO4. The Hall–Kier alpha value is -2.37. The van der Waals surface area contributed by atoms with E-state index in [2.05, 4.69) is 14.8 Å². The van der Waals surface area contributed by atoms with E-state index >= 15 is 0 Å². The SMILES string of the molecule is COC(=O)/C=C(/Nc1ccc(F)cc1)C(=O)OC. The number of carbonyl (C=O) groups excluding carboxylic acids is 2. The highest BCUT2D eigenvalue weighted by atomic mass is 19.1. The van der Waals surface area contributed by atoms with Gasteiger partial charge in [-0.1, -0.05) is 0 Å². The van der Waals surface area contributed by atoms with E-state index < -0.39 is 17.8 Å². The molecule has 1 aromatic carbocycles. The summed E-state index contributed by atoms with van der Waals surface area (Å²) in [7, 11) is 2.37. The quantitative estimate of drug-likeness (QED) is 0.650. The van der Waals surface area contributed by atoms with E-state index in [-0.39, 0.29) is 5.70 Å². The maximum absolute atomic E-state index is 12.7. The molecule has 1 rings (SSSR count). The van der Waals surface area contributed by atoms with Crippen molar-refractivity contribution in [2.24, 2.45) is 0 Å². The first kappa shape index (κ1) is 13.7. The summed E-state index contributed by atoms with van der Waals surface area (Å²) in [5.41, 5.74) is 0.341. The molecule has 0 atom stereocenters. The molecule has 0 aliphatic carbocycles. The Morgan fingerprint density at radius 3 is 2.28 bits per heavy atom. The number of benzene rings is 1. The molecule has 96 valence electrons. The second-order valence-electron chi connectivity index (χ2n) is 3.20. The van der Waals surface area contributed by atoms with Crippen LogP contribution in [-0.4, -0.2) is 26.2 Å². The van der Waals surface area contributed by atoms with Gasteiger partial charge in [0.2, 0.25) is 0 Å². The summed E-state index contributed by atoms with van der Waals surface area (Å²) in [6.45, 7) is 0. The Morgan fingerprint density at radius 2 is 1.78 bits per heavy atom. The van der Waals surface area contributed by atoms with Crippen LogP contribution in [-0.2, 0) is 19.1 Å². The van der Waals surface area contributed by atoms with E-state index in [1.54, 1.807) is 0 Å². The van der Waals surface area contributed by atoms with Crippen molar-refractivity contribution in [2.45, 2.75) is 0 Å². The van der Waals surface area contributed by atoms with E-state index in [0.717, 1.165) is 6.08 Å². The number of methoxy groups -OCH3 is 2. The Balaban J connectivity index is 2.91. The van der Waals surface area contributed by atoms with Gasteiger partial charge in [-0.3, -0.25) is 0 Å². The number of nitrogens with one attached hydrogen (secondary N) is 1. The molecule has 1 aromatic rings. The zero-order valence-electron chi connectivity index (χ0n) is 9.90. The Bertz CT molecular complexity index is 467. The van der Waals surface area contributed by atoms with Crippen molar-refractivity contribution in [1.29, 1.82) is 0 Å². The average Bonchev–Trinajstić information content (AvgIpc) is 2.39. The molecular weight excluding hydrogens is 241 g/mol. The summed E-state index contributed by atoms with van der Waals surface area (Å²) >= 11 is 0. The zero-order chi connectivity index (χ0) is 13.5. The van der Waals surface area contributed by atoms with Gasteiger partial charge >= 0.3 is 11.9 Å². The Morgan fingerprint density at radius 1 is 1.17 bits per heavy atom. The summed E-state index contributed by atoms with van der Waals surface area (Å²) in [6, 6.07) is 5.28. The first-order chi connectivity index (χ1) is 8.56. The molecule has 18 heavy (non-hydrogen) atoms. The fourth-order valence-corrected chi connectivity index (χ4v) is 1.12. The van der Waals surface area contributed by atoms with Crippen molar-refractivity contribution in [3.63, 3.8) is 0 Å². The molecule has 5 nitrogen and oxygen atoms in total. The van der Waals surface area contributed by atoms with Crippen molar-refractivity contribution < 1.29 is 23.5 Å². The predicted octanol–water partition coefficient (Wildman–Crippen LogP) is 1.47. The van der Waals surface area contributed by atoms with Crippen molar-refractivity contribution in [2.75, 3.05) is 19.5 Å². The number of hydrogen-bond donors (Lipinski definition) is 1. The summed E-state index contributed by atoms with van der Waals surface area (Å²) < 4.78 is 21.6. The molecule has 0 saturated heterocycles. The molecule has 0 bridgehead atoms. The van der Waals surface area contributed by atoms with Gasteiger partial charge in [-0.2, -0.15) is 0 Å². The molecule has 0 spiro atoms. The first-order valence-electron chi connectivity index (χ1n) is 4.97. The fourth-order valence-electron chi connectivity index (χ4n) is 1.12. The molecule has 0 aliphatic heterocycles. The molecule has 0 aliphatic rings. The van der Waals surface area contributed by atoms with Crippen LogP contribution in [0.2, 0.25) is 0 Å². The molecule has 0 fully saturated rings. The van der Waals surface area contributed by atoms with Gasteiger partial charge in [-0.05, 0) is 24.3 Å². The van der Waals surface area contributed by atoms with Crippen LogP contribution in [0.15, 0.2) is 36.0 Å². The number of esters is 2. The largest absolute Gasteiger partial charge is 0.466 e. The molecule has 0 aromatic heterocycles. The van der Waals surface area contributed by atoms with Crippen LogP contribution in [0.5, 0.6) is 0 Å². The Labute approximate surface area is 103 Å². The maximum atomic E-state index is 12.7. The van der Waals surface area contributed by atoms with E-state index in [9.17, 15) is 14.0 Å². The van der Waals surface area contributed by atoms with Crippen molar-refractivity contribution >= 4 is 17.6 Å². The van der Waals surface area contributed by atoms with E-state index in [1.807, 2.05) is 0 Å². The van der Waals surface area contributed by atoms with E-state index in [0.29, 0.717) is 5.69 Å². The highest BCUT2D eigenvalue weighted by Gasteiger charge is 2.12. The number of anilines is 1. The lowest BCUT2D eigenvalue weighted by Gasteiger charge is -2.08. The first-order valence-corrected chi connectivity index (χ1v) is 4.97. The van der Waals surface area contributed by atoms with Gasteiger partial charge < -0.3 is 14.8 Å². The van der Waals surface area contributed by atoms with Gasteiger partial charge in [0.1, 0.15) is 11.5 Å². The zero-order valence-corrected chi connectivity index (χ0v) is 9.90. The smallest absolute Gasteiger partial charge is 0.354 e. The minimum Gasteiger partial charge on any atom is -0.466 e. The number of hydrogen-bond acceptors (Lipinski definition) is 5. The summed E-state index contributed by atoms with van der Waals surface area (Å²) in [5.74, 6) is -1.84. The third-order valence-corrected chi connectivity index (χ3v) is 1.99. The molecule has 1 N–H and O–H groups in total. The Kier molecular flexibility index (Phi) is 4.86. The van der Waals surface area contributed by atoms with Crippen LogP contribution < -0.4 is 5.32 Å². The van der Waals surface area contributed by atoms with Gasteiger partial charge in [0.05, 0.1) is 20.3 Å². The van der Waals surface area contributed by atoms with Gasteiger partial charge in [0.15, 0.2) is 0 Å². The molecule has 0 heterocycles. The van der Waals surface area contributed by atoms with E-state index in [1.165, 1.54) is 38.5 Å². The van der Waals surface area contributed by atoms with Gasteiger partial charge in [-0.15, -0.1) is 0 Å². The van der Waals surface area contributed by atoms with Gasteiger partial charge in [0, 0.05) is 5.69 Å². The lowest BCUT2D eigenvalue weighted by Crippen LogP contribution is -2.15. The maximum Gasteiger partial charge on any atom is 0.354 e. The third-order valence-electron chi connectivity index (χ3n) is 1.99. The minimum atomic E-state index is -0.732. The topological polar surface area (TPSA) is 64.6 Å². The second kappa shape index (κ2) is 6.39. The molecule has 0 radical (unpaired) electrons. The predicted molar refractivity (Wildman–Crippen MR) is 62.1 cm³/mol. The fraction of sp³-hybridized carbons (Fsp3) is 0.167. The highest BCUT2D eigenvalue weighted by Crippen LogP contribution is 2.12. The minimum absolute atomic E-state index is 0.101. The highest BCUT2D eigenvalue weighted by molar-refractivity contribution is 5.98. The normalized spacial score (nSPS) is 10.7. The van der Waals surface area contributed by atoms with Crippen LogP contribution in [0.3, 0.4) is 0 Å². The standard InChI is InChI=1S/C12H12FNO4/c1-17-11(15)7-10(12(16)18-2)14-9-5-3-8(13)4-6-9/h3-7,14H,1-2H3/b10-7+. The van der Waals surface area contributed by atoms with Gasteiger partial charge in [0.25, 0.3) is 0 Å². The van der Waals surface area contributed by atoms with Crippen LogP contribution in [0.25, 0.3) is 0 Å². The second-order valence-corrected chi connectivity index (χ2v) is 3.20. The van der Waals surface area contributed by atoms with Gasteiger partial charge in [-0.25, -0.2) is 14.0 Å². The summed E-state index contributed by atoms with van der Waals surface area (Å²) in [6.07, 6.45) is 0.954. The lowest BCUT2D eigenvalue weighted by molar-refractivity contribution is -0.138. The van der Waals surface area contributed by atoms with Crippen molar-refractivity contribution in [3.05, 3.63) is 41.9 Å². The van der Waals surface area contributed by atoms with Crippen molar-refractivity contribution in [1.82, 2.24) is 0 Å². The summed E-state index contributed by atoms with van der Waals surface area (Å²) in [4.78, 5) is 22.5. The molecule has 0 amide bonds. The van der Waals surface area contributed by atoms with Crippen LogP contribution in [0.4, 0.5) is 10.1 Å². The lowest BCUT2D eigenvalue weighted by atomic mass is 10.3.